The van der Waals surface area contributed by atoms with Gasteiger partial charge in [0, 0.05) is 17.3 Å². The molecule has 0 atom stereocenters. The molecule has 0 spiro atoms. The van der Waals surface area contributed by atoms with Crippen molar-refractivity contribution < 1.29 is 17.9 Å². The Morgan fingerprint density at radius 2 is 1.81 bits per heavy atom. The van der Waals surface area contributed by atoms with Crippen molar-refractivity contribution in [3.63, 3.8) is 0 Å². The summed E-state index contributed by atoms with van der Waals surface area (Å²) in [6, 6.07) is 6.42. The van der Waals surface area contributed by atoms with Gasteiger partial charge in [-0.05, 0) is 45.0 Å². The van der Waals surface area contributed by atoms with Crippen LogP contribution >= 0.6 is 11.6 Å². The highest BCUT2D eigenvalue weighted by molar-refractivity contribution is 7.89. The zero-order chi connectivity index (χ0) is 16.3. The maximum Gasteiger partial charge on any atom is 0.414 e. The molecule has 0 bridgehead atoms. The van der Waals surface area contributed by atoms with E-state index in [2.05, 4.69) is 0 Å². The first kappa shape index (κ1) is 17.7. The molecule has 0 aliphatic carbocycles. The van der Waals surface area contributed by atoms with Gasteiger partial charge < -0.3 is 4.74 Å². The summed E-state index contributed by atoms with van der Waals surface area (Å²) < 4.78 is 27.5. The normalized spacial score (nSPS) is 12.0. The van der Waals surface area contributed by atoms with Crippen LogP contribution in [0.15, 0.2) is 24.3 Å². The number of anilines is 1. The Balaban J connectivity index is 2.99. The lowest BCUT2D eigenvalue weighted by Gasteiger charge is -2.27. The first-order chi connectivity index (χ1) is 9.48. The Bertz CT molecular complexity index is 594. The minimum atomic E-state index is -3.69. The van der Waals surface area contributed by atoms with Crippen molar-refractivity contribution in [3.8, 4) is 0 Å². The molecule has 0 fully saturated rings. The number of amides is 1. The Morgan fingerprint density at radius 1 is 1.29 bits per heavy atom. The zero-order valence-corrected chi connectivity index (χ0v) is 13.7. The number of sulfonamides is 1. The topological polar surface area (TPSA) is 89.7 Å². The molecule has 1 rings (SSSR count). The van der Waals surface area contributed by atoms with Crippen molar-refractivity contribution in [1.82, 2.24) is 0 Å². The van der Waals surface area contributed by atoms with Gasteiger partial charge >= 0.3 is 6.09 Å². The summed E-state index contributed by atoms with van der Waals surface area (Å²) >= 11 is 5.80. The van der Waals surface area contributed by atoms with Crippen LogP contribution in [-0.4, -0.2) is 32.4 Å². The third-order valence-electron chi connectivity index (χ3n) is 2.35. The smallest absolute Gasteiger partial charge is 0.414 e. The molecule has 0 aromatic heterocycles. The standard InChI is InChI=1S/C13H19ClN2O4S/c1-13(2,3)20-12(17)16(8-9-21(15,18)19)11-6-4-10(14)5-7-11/h4-7H,8-9H2,1-3H3,(H2,15,18,19). The van der Waals surface area contributed by atoms with Crippen molar-refractivity contribution in [1.29, 1.82) is 0 Å². The molecule has 2 N–H and O–H groups in total. The van der Waals surface area contributed by atoms with Gasteiger partial charge in [-0.25, -0.2) is 18.4 Å². The van der Waals surface area contributed by atoms with Crippen molar-refractivity contribution in [3.05, 3.63) is 29.3 Å². The van der Waals surface area contributed by atoms with Crippen molar-refractivity contribution in [2.75, 3.05) is 17.2 Å². The lowest BCUT2D eigenvalue weighted by atomic mass is 10.2. The average molecular weight is 335 g/mol. The van der Waals surface area contributed by atoms with Crippen molar-refractivity contribution in [2.45, 2.75) is 26.4 Å². The number of benzene rings is 1. The third kappa shape index (κ3) is 6.79. The number of carbonyl (C=O) groups excluding carboxylic acids is 1. The van der Waals surface area contributed by atoms with Gasteiger partial charge in [-0.3, -0.25) is 4.90 Å². The molecule has 0 saturated carbocycles. The molecular formula is C13H19ClN2O4S. The lowest BCUT2D eigenvalue weighted by Crippen LogP contribution is -2.40. The summed E-state index contributed by atoms with van der Waals surface area (Å²) in [5.74, 6) is -0.366. The Hall–Kier alpha value is -1.31. The molecule has 118 valence electrons. The molecule has 0 radical (unpaired) electrons. The van der Waals surface area contributed by atoms with Gasteiger partial charge in [-0.1, -0.05) is 11.6 Å². The highest BCUT2D eigenvalue weighted by Crippen LogP contribution is 2.20. The second-order valence-electron chi connectivity index (χ2n) is 5.48. The third-order valence-corrected chi connectivity index (χ3v) is 3.36. The molecule has 1 aromatic carbocycles. The summed E-state index contributed by atoms with van der Waals surface area (Å²) in [6.07, 6.45) is -0.645. The van der Waals surface area contributed by atoms with E-state index in [0.29, 0.717) is 10.7 Å². The minimum Gasteiger partial charge on any atom is -0.443 e. The number of nitrogens with two attached hydrogens (primary N) is 1. The van der Waals surface area contributed by atoms with Gasteiger partial charge in [0.25, 0.3) is 0 Å². The van der Waals surface area contributed by atoms with E-state index in [1.807, 2.05) is 0 Å². The van der Waals surface area contributed by atoms with Crippen LogP contribution in [0.4, 0.5) is 10.5 Å². The van der Waals surface area contributed by atoms with Crippen LogP contribution in [0.3, 0.4) is 0 Å². The quantitative estimate of drug-likeness (QED) is 0.915. The molecule has 0 aliphatic rings. The summed E-state index contributed by atoms with van der Waals surface area (Å²) in [4.78, 5) is 13.4. The Morgan fingerprint density at radius 3 is 2.24 bits per heavy atom. The van der Waals surface area contributed by atoms with E-state index < -0.39 is 21.7 Å². The summed E-state index contributed by atoms with van der Waals surface area (Å²) in [6.45, 7) is 5.08. The highest BCUT2D eigenvalue weighted by atomic mass is 35.5. The van der Waals surface area contributed by atoms with Gasteiger partial charge in [0.1, 0.15) is 5.60 Å². The van der Waals surface area contributed by atoms with Crippen LogP contribution in [0.2, 0.25) is 5.02 Å². The predicted octanol–water partition coefficient (Wildman–Crippen LogP) is 2.37. The van der Waals surface area contributed by atoms with Gasteiger partial charge in [0.05, 0.1) is 5.75 Å². The van der Waals surface area contributed by atoms with E-state index in [1.165, 1.54) is 4.90 Å². The molecule has 0 saturated heterocycles. The fourth-order valence-electron chi connectivity index (χ4n) is 1.48. The summed E-state index contributed by atoms with van der Waals surface area (Å²) in [5, 5.41) is 5.49. The molecule has 21 heavy (non-hydrogen) atoms. The molecule has 1 amide bonds. The van der Waals surface area contributed by atoms with Gasteiger partial charge in [0.2, 0.25) is 10.0 Å². The Labute approximate surface area is 129 Å². The second kappa shape index (κ2) is 6.64. The van der Waals surface area contributed by atoms with Gasteiger partial charge in [-0.2, -0.15) is 0 Å². The van der Waals surface area contributed by atoms with E-state index in [0.717, 1.165) is 0 Å². The predicted molar refractivity (Wildman–Crippen MR) is 83.0 cm³/mol. The highest BCUT2D eigenvalue weighted by Gasteiger charge is 2.24. The number of ether oxygens (including phenoxy) is 1. The van der Waals surface area contributed by atoms with Crippen LogP contribution in [-0.2, 0) is 14.8 Å². The molecule has 6 nitrogen and oxygen atoms in total. The fraction of sp³-hybridized carbons (Fsp3) is 0.462. The van der Waals surface area contributed by atoms with Crippen LogP contribution < -0.4 is 10.0 Å². The summed E-state index contributed by atoms with van der Waals surface area (Å²) in [7, 11) is -3.69. The van der Waals surface area contributed by atoms with Crippen LogP contribution in [0.25, 0.3) is 0 Å². The molecule has 1 aromatic rings. The number of halogens is 1. The zero-order valence-electron chi connectivity index (χ0n) is 12.2. The number of carbonyl (C=O) groups is 1. The van der Waals surface area contributed by atoms with E-state index >= 15 is 0 Å². The Kier molecular flexibility index (Phi) is 5.61. The summed E-state index contributed by atoms with van der Waals surface area (Å²) in [5.41, 5.74) is -0.208. The first-order valence-electron chi connectivity index (χ1n) is 6.24. The lowest BCUT2D eigenvalue weighted by molar-refractivity contribution is 0.0582. The van der Waals surface area contributed by atoms with Crippen molar-refractivity contribution >= 4 is 33.4 Å². The number of nitrogens with zero attached hydrogens (tertiary/aromatic N) is 1. The number of hydrogen-bond donors (Lipinski definition) is 1. The van der Waals surface area contributed by atoms with Crippen LogP contribution in [0.5, 0.6) is 0 Å². The van der Waals surface area contributed by atoms with E-state index in [-0.39, 0.29) is 12.3 Å². The van der Waals surface area contributed by atoms with E-state index in [1.54, 1.807) is 45.0 Å². The monoisotopic (exact) mass is 334 g/mol. The van der Waals surface area contributed by atoms with E-state index in [4.69, 9.17) is 21.5 Å². The second-order valence-corrected chi connectivity index (χ2v) is 7.65. The molecular weight excluding hydrogens is 316 g/mol. The van der Waals surface area contributed by atoms with Crippen LogP contribution in [0.1, 0.15) is 20.8 Å². The van der Waals surface area contributed by atoms with Crippen molar-refractivity contribution in [2.24, 2.45) is 5.14 Å². The maximum absolute atomic E-state index is 12.2. The number of hydrogen-bond acceptors (Lipinski definition) is 4. The maximum atomic E-state index is 12.2. The molecule has 0 unspecified atom stereocenters. The van der Waals surface area contributed by atoms with Gasteiger partial charge in [0.15, 0.2) is 0 Å². The number of rotatable bonds is 4. The van der Waals surface area contributed by atoms with Gasteiger partial charge in [-0.15, -0.1) is 0 Å². The largest absolute Gasteiger partial charge is 0.443 e. The molecule has 0 aliphatic heterocycles. The first-order valence-corrected chi connectivity index (χ1v) is 8.34. The molecule has 0 heterocycles. The minimum absolute atomic E-state index is 0.102. The molecule has 8 heteroatoms. The average Bonchev–Trinajstić information content (AvgIpc) is 2.27. The van der Waals surface area contributed by atoms with Crippen LogP contribution in [0, 0.1) is 0 Å². The fourth-order valence-corrected chi connectivity index (χ4v) is 2.05. The number of primary sulfonamides is 1. The van der Waals surface area contributed by atoms with E-state index in [9.17, 15) is 13.2 Å². The SMILES string of the molecule is CC(C)(C)OC(=O)N(CCS(N)(=O)=O)c1ccc(Cl)cc1.